The molecule has 0 aliphatic carbocycles. The van der Waals surface area contributed by atoms with E-state index in [0.717, 1.165) is 6.07 Å². The largest absolute Gasteiger partial charge is 0.481 e. The molecule has 0 unspecified atom stereocenters. The van der Waals surface area contributed by atoms with Gasteiger partial charge in [0.05, 0.1) is 23.6 Å². The molecule has 1 N–H and O–H groups in total. The lowest BCUT2D eigenvalue weighted by Gasteiger charge is -2.11. The summed E-state index contributed by atoms with van der Waals surface area (Å²) in [7, 11) is 0. The summed E-state index contributed by atoms with van der Waals surface area (Å²) < 4.78 is 37.8. The zero-order valence-electron chi connectivity index (χ0n) is 8.78. The molecule has 7 heteroatoms. The molecular weight excluding hydrogens is 251 g/mol. The number of carbonyl (C=O) groups excluding carboxylic acids is 1. The highest BCUT2D eigenvalue weighted by Gasteiger charge is 2.34. The van der Waals surface area contributed by atoms with Crippen molar-refractivity contribution in [3.05, 3.63) is 34.4 Å². The van der Waals surface area contributed by atoms with Crippen molar-refractivity contribution in [2.24, 2.45) is 0 Å². The fourth-order valence-corrected chi connectivity index (χ4v) is 1.41. The number of alkyl halides is 3. The first kappa shape index (κ1) is 13.7. The molecule has 0 heterocycles. The van der Waals surface area contributed by atoms with Crippen LogP contribution in [0.15, 0.2) is 12.1 Å². The maximum Gasteiger partial charge on any atom is 0.417 e. The van der Waals surface area contributed by atoms with Gasteiger partial charge in [-0.25, -0.2) is 0 Å². The third-order valence-electron chi connectivity index (χ3n) is 2.17. The fourth-order valence-electron chi connectivity index (χ4n) is 1.41. The molecule has 0 atom stereocenters. The van der Waals surface area contributed by atoms with Crippen LogP contribution < -0.4 is 0 Å². The molecule has 0 aliphatic heterocycles. The Hall–Kier alpha value is -2.36. The van der Waals surface area contributed by atoms with Gasteiger partial charge < -0.3 is 5.11 Å². The quantitative estimate of drug-likeness (QED) is 0.840. The highest BCUT2D eigenvalue weighted by Crippen LogP contribution is 2.33. The highest BCUT2D eigenvalue weighted by molar-refractivity contribution is 5.82. The number of rotatable bonds is 3. The lowest BCUT2D eigenvalue weighted by atomic mass is 9.97. The first-order chi connectivity index (χ1) is 8.29. The van der Waals surface area contributed by atoms with Crippen LogP contribution in [0.25, 0.3) is 0 Å². The predicted molar refractivity (Wildman–Crippen MR) is 52.9 cm³/mol. The Morgan fingerprint density at radius 2 is 2.06 bits per heavy atom. The lowest BCUT2D eigenvalue weighted by molar-refractivity contribution is -0.139. The Labute approximate surface area is 99.3 Å². The Balaban J connectivity index is 3.49. The van der Waals surface area contributed by atoms with E-state index in [4.69, 9.17) is 10.4 Å². The number of carbonyl (C=O) groups is 2. The van der Waals surface area contributed by atoms with Crippen molar-refractivity contribution in [1.82, 2.24) is 0 Å². The van der Waals surface area contributed by atoms with Gasteiger partial charge in [0.15, 0.2) is 0 Å². The standard InChI is InChI=1S/C11H6F3NO3/c12-11(13,14)9-2-6(3-10(17)18)8(5-16)1-7(9)4-15/h1-2,5H,3H2,(H,17,18). The first-order valence-electron chi connectivity index (χ1n) is 4.60. The van der Waals surface area contributed by atoms with Crippen molar-refractivity contribution in [3.63, 3.8) is 0 Å². The van der Waals surface area contributed by atoms with E-state index in [1.54, 1.807) is 0 Å². The molecule has 1 rings (SSSR count). The number of halogens is 3. The van der Waals surface area contributed by atoms with Gasteiger partial charge in [0.25, 0.3) is 0 Å². The van der Waals surface area contributed by atoms with E-state index in [-0.39, 0.29) is 17.4 Å². The van der Waals surface area contributed by atoms with Crippen molar-refractivity contribution in [2.45, 2.75) is 12.6 Å². The van der Waals surface area contributed by atoms with Gasteiger partial charge in [0.1, 0.15) is 6.29 Å². The molecule has 1 aromatic carbocycles. The zero-order chi connectivity index (χ0) is 13.9. The van der Waals surface area contributed by atoms with Crippen LogP contribution in [0.2, 0.25) is 0 Å². The molecule has 4 nitrogen and oxygen atoms in total. The monoisotopic (exact) mass is 257 g/mol. The summed E-state index contributed by atoms with van der Waals surface area (Å²) in [5.41, 5.74) is -2.46. The average molecular weight is 257 g/mol. The number of aldehydes is 1. The van der Waals surface area contributed by atoms with Crippen LogP contribution in [0, 0.1) is 11.3 Å². The molecule has 0 amide bonds. The van der Waals surface area contributed by atoms with E-state index in [1.807, 2.05) is 0 Å². The summed E-state index contributed by atoms with van der Waals surface area (Å²) >= 11 is 0. The van der Waals surface area contributed by atoms with Crippen LogP contribution in [-0.4, -0.2) is 17.4 Å². The summed E-state index contributed by atoms with van der Waals surface area (Å²) in [6.45, 7) is 0. The van der Waals surface area contributed by atoms with Crippen LogP contribution in [-0.2, 0) is 17.4 Å². The van der Waals surface area contributed by atoms with E-state index in [0.29, 0.717) is 6.07 Å². The number of hydrogen-bond acceptors (Lipinski definition) is 3. The second-order valence-corrected chi connectivity index (χ2v) is 3.39. The molecule has 1 aromatic rings. The Morgan fingerprint density at radius 3 is 2.44 bits per heavy atom. The van der Waals surface area contributed by atoms with Crippen molar-refractivity contribution >= 4 is 12.3 Å². The average Bonchev–Trinajstić information content (AvgIpc) is 2.26. The van der Waals surface area contributed by atoms with Crippen molar-refractivity contribution < 1.29 is 27.9 Å². The van der Waals surface area contributed by atoms with Crippen molar-refractivity contribution in [2.75, 3.05) is 0 Å². The molecular formula is C11H6F3NO3. The van der Waals surface area contributed by atoms with Gasteiger partial charge in [-0.2, -0.15) is 18.4 Å². The van der Waals surface area contributed by atoms with Gasteiger partial charge in [-0.15, -0.1) is 0 Å². The van der Waals surface area contributed by atoms with Crippen LogP contribution in [0.3, 0.4) is 0 Å². The second-order valence-electron chi connectivity index (χ2n) is 3.39. The normalized spacial score (nSPS) is 10.8. The van der Waals surface area contributed by atoms with E-state index in [9.17, 15) is 22.8 Å². The van der Waals surface area contributed by atoms with E-state index < -0.39 is 29.7 Å². The molecule has 94 valence electrons. The number of nitrogens with zero attached hydrogens (tertiary/aromatic N) is 1. The first-order valence-corrected chi connectivity index (χ1v) is 4.60. The SMILES string of the molecule is N#Cc1cc(C=O)c(CC(=O)O)cc1C(F)(F)F. The van der Waals surface area contributed by atoms with Gasteiger partial charge >= 0.3 is 12.1 Å². The predicted octanol–water partition coefficient (Wildman–Crippen LogP) is 2.02. The third kappa shape index (κ3) is 2.85. The smallest absolute Gasteiger partial charge is 0.417 e. The van der Waals surface area contributed by atoms with Crippen LogP contribution in [0.1, 0.15) is 27.0 Å². The molecule has 0 saturated carbocycles. The fraction of sp³-hybridized carbons (Fsp3) is 0.182. The molecule has 0 radical (unpaired) electrons. The Kier molecular flexibility index (Phi) is 3.71. The summed E-state index contributed by atoms with van der Waals surface area (Å²) in [4.78, 5) is 21.1. The van der Waals surface area contributed by atoms with E-state index >= 15 is 0 Å². The van der Waals surface area contributed by atoms with Crippen molar-refractivity contribution in [3.8, 4) is 6.07 Å². The third-order valence-corrected chi connectivity index (χ3v) is 2.17. The maximum atomic E-state index is 12.6. The van der Waals surface area contributed by atoms with Crippen LogP contribution in [0.5, 0.6) is 0 Å². The summed E-state index contributed by atoms with van der Waals surface area (Å²) in [5, 5.41) is 17.1. The van der Waals surface area contributed by atoms with Gasteiger partial charge in [0, 0.05) is 5.56 Å². The second kappa shape index (κ2) is 4.87. The van der Waals surface area contributed by atoms with Crippen LogP contribution in [0.4, 0.5) is 13.2 Å². The molecule has 0 spiro atoms. The zero-order valence-corrected chi connectivity index (χ0v) is 8.78. The van der Waals surface area contributed by atoms with Gasteiger partial charge in [-0.05, 0) is 17.7 Å². The summed E-state index contributed by atoms with van der Waals surface area (Å²) in [6.07, 6.45) is -5.28. The summed E-state index contributed by atoms with van der Waals surface area (Å²) in [6, 6.07) is 2.60. The van der Waals surface area contributed by atoms with Crippen molar-refractivity contribution in [1.29, 1.82) is 5.26 Å². The highest BCUT2D eigenvalue weighted by atomic mass is 19.4. The Bertz CT molecular complexity index is 544. The number of hydrogen-bond donors (Lipinski definition) is 1. The minimum Gasteiger partial charge on any atom is -0.481 e. The minimum atomic E-state index is -4.78. The number of benzene rings is 1. The topological polar surface area (TPSA) is 78.2 Å². The van der Waals surface area contributed by atoms with Crippen LogP contribution >= 0.6 is 0 Å². The molecule has 0 aromatic heterocycles. The van der Waals surface area contributed by atoms with E-state index in [2.05, 4.69) is 0 Å². The maximum absolute atomic E-state index is 12.6. The number of carboxylic acid groups (broad SMARTS) is 1. The molecule has 0 aliphatic rings. The summed E-state index contributed by atoms with van der Waals surface area (Å²) in [5.74, 6) is -1.36. The van der Waals surface area contributed by atoms with Gasteiger partial charge in [0.2, 0.25) is 0 Å². The molecule has 18 heavy (non-hydrogen) atoms. The van der Waals surface area contributed by atoms with E-state index in [1.165, 1.54) is 6.07 Å². The molecule has 0 fully saturated rings. The number of aliphatic carboxylic acids is 1. The lowest BCUT2D eigenvalue weighted by Crippen LogP contribution is -2.12. The minimum absolute atomic E-state index is 0.221. The number of carboxylic acids is 1. The number of nitriles is 1. The van der Waals surface area contributed by atoms with Gasteiger partial charge in [-0.3, -0.25) is 9.59 Å². The van der Waals surface area contributed by atoms with Gasteiger partial charge in [-0.1, -0.05) is 0 Å². The molecule has 0 saturated heterocycles. The Morgan fingerprint density at radius 1 is 1.44 bits per heavy atom. The molecule has 0 bridgehead atoms.